The van der Waals surface area contributed by atoms with E-state index in [1.54, 1.807) is 0 Å². The van der Waals surface area contributed by atoms with Crippen molar-refractivity contribution >= 4 is 5.97 Å². The lowest BCUT2D eigenvalue weighted by Gasteiger charge is -1.88. The fraction of sp³-hybridized carbons (Fsp3) is 0.125. The van der Waals surface area contributed by atoms with Crippen LogP contribution in [0.4, 0.5) is 0 Å². The molecule has 0 amide bonds. The molecule has 0 bridgehead atoms. The van der Waals surface area contributed by atoms with Gasteiger partial charge in [-0.2, -0.15) is 4.98 Å². The maximum atomic E-state index is 10.4. The van der Waals surface area contributed by atoms with Crippen molar-refractivity contribution in [1.82, 2.24) is 20.1 Å². The normalized spacial score (nSPS) is 10.1. The number of aliphatic carboxylic acids is 1. The molecule has 7 heteroatoms. The van der Waals surface area contributed by atoms with Crippen molar-refractivity contribution in [2.75, 3.05) is 0 Å². The molecule has 0 fully saturated rings. The van der Waals surface area contributed by atoms with E-state index in [1.807, 2.05) is 0 Å². The molecule has 0 spiro atoms. The minimum atomic E-state index is -1.02. The Labute approximate surface area is 83.8 Å². The fourth-order valence-corrected chi connectivity index (χ4v) is 0.975. The number of nitrogens with zero attached hydrogens (tertiary/aromatic N) is 4. The second-order valence-electron chi connectivity index (χ2n) is 2.67. The van der Waals surface area contributed by atoms with Crippen LogP contribution in [0, 0.1) is 0 Å². The van der Waals surface area contributed by atoms with Crippen LogP contribution in [-0.2, 0) is 11.2 Å². The van der Waals surface area contributed by atoms with Gasteiger partial charge in [0.05, 0.1) is 6.20 Å². The Morgan fingerprint density at radius 2 is 2.33 bits per heavy atom. The highest BCUT2D eigenvalue weighted by atomic mass is 16.5. The Morgan fingerprint density at radius 3 is 3.00 bits per heavy atom. The molecular weight excluding hydrogens is 200 g/mol. The van der Waals surface area contributed by atoms with Gasteiger partial charge in [-0.15, -0.1) is 0 Å². The summed E-state index contributed by atoms with van der Waals surface area (Å²) in [4.78, 5) is 22.0. The van der Waals surface area contributed by atoms with Crippen LogP contribution in [0.25, 0.3) is 11.5 Å². The number of carboxylic acids is 1. The quantitative estimate of drug-likeness (QED) is 0.762. The first-order valence-corrected chi connectivity index (χ1v) is 4.06. The van der Waals surface area contributed by atoms with Crippen molar-refractivity contribution in [3.8, 4) is 11.5 Å². The lowest BCUT2D eigenvalue weighted by Crippen LogP contribution is -1.99. The van der Waals surface area contributed by atoms with Gasteiger partial charge >= 0.3 is 5.97 Å². The first kappa shape index (κ1) is 9.25. The zero-order valence-corrected chi connectivity index (χ0v) is 7.49. The number of hydrogen-bond acceptors (Lipinski definition) is 6. The van der Waals surface area contributed by atoms with Crippen molar-refractivity contribution in [2.24, 2.45) is 0 Å². The number of carboxylic acid groups (broad SMARTS) is 1. The van der Waals surface area contributed by atoms with Crippen molar-refractivity contribution < 1.29 is 14.4 Å². The van der Waals surface area contributed by atoms with Crippen molar-refractivity contribution in [3.63, 3.8) is 0 Å². The zero-order chi connectivity index (χ0) is 10.7. The van der Waals surface area contributed by atoms with E-state index in [9.17, 15) is 4.79 Å². The van der Waals surface area contributed by atoms with Crippen LogP contribution in [-0.4, -0.2) is 31.2 Å². The Balaban J connectivity index is 2.24. The summed E-state index contributed by atoms with van der Waals surface area (Å²) < 4.78 is 4.72. The van der Waals surface area contributed by atoms with E-state index < -0.39 is 5.97 Å². The molecule has 0 atom stereocenters. The Morgan fingerprint density at radius 1 is 1.47 bits per heavy atom. The van der Waals surface area contributed by atoms with E-state index in [-0.39, 0.29) is 18.1 Å². The van der Waals surface area contributed by atoms with Crippen LogP contribution in [0.1, 0.15) is 5.89 Å². The summed E-state index contributed by atoms with van der Waals surface area (Å²) >= 11 is 0. The highest BCUT2D eigenvalue weighted by molar-refractivity contribution is 5.68. The maximum Gasteiger partial charge on any atom is 0.312 e. The summed E-state index contributed by atoms with van der Waals surface area (Å²) in [6.07, 6.45) is 4.17. The van der Waals surface area contributed by atoms with Crippen LogP contribution in [0.5, 0.6) is 0 Å². The SMILES string of the molecule is O=C(O)Cc1nc(-c2cnccn2)no1. The summed E-state index contributed by atoms with van der Waals surface area (Å²) in [5, 5.41) is 12.1. The van der Waals surface area contributed by atoms with Crippen LogP contribution in [0.15, 0.2) is 23.1 Å². The number of rotatable bonds is 3. The monoisotopic (exact) mass is 206 g/mol. The number of aromatic nitrogens is 4. The van der Waals surface area contributed by atoms with Gasteiger partial charge < -0.3 is 9.63 Å². The summed E-state index contributed by atoms with van der Waals surface area (Å²) in [5.41, 5.74) is 0.442. The van der Waals surface area contributed by atoms with E-state index in [1.165, 1.54) is 18.6 Å². The van der Waals surface area contributed by atoms with Crippen molar-refractivity contribution in [3.05, 3.63) is 24.5 Å². The van der Waals surface area contributed by atoms with Crippen LogP contribution < -0.4 is 0 Å². The van der Waals surface area contributed by atoms with Gasteiger partial charge in [-0.25, -0.2) is 4.98 Å². The molecule has 0 radical (unpaired) electrons. The Hall–Kier alpha value is -2.31. The largest absolute Gasteiger partial charge is 0.481 e. The molecule has 0 aliphatic heterocycles. The second kappa shape index (κ2) is 3.82. The lowest BCUT2D eigenvalue weighted by molar-refractivity contribution is -0.136. The van der Waals surface area contributed by atoms with Gasteiger partial charge in [0.2, 0.25) is 11.7 Å². The van der Waals surface area contributed by atoms with Gasteiger partial charge in [0, 0.05) is 12.4 Å². The maximum absolute atomic E-state index is 10.4. The summed E-state index contributed by atoms with van der Waals surface area (Å²) in [6, 6.07) is 0. The minimum Gasteiger partial charge on any atom is -0.481 e. The van der Waals surface area contributed by atoms with Crippen LogP contribution >= 0.6 is 0 Å². The molecule has 0 unspecified atom stereocenters. The molecule has 2 rings (SSSR count). The third kappa shape index (κ3) is 2.13. The third-order valence-corrected chi connectivity index (χ3v) is 1.56. The predicted octanol–water partition coefficient (Wildman–Crippen LogP) is 0.154. The minimum absolute atomic E-state index is 0.0446. The Kier molecular flexibility index (Phi) is 2.36. The van der Waals surface area contributed by atoms with Crippen LogP contribution in [0.2, 0.25) is 0 Å². The third-order valence-electron chi connectivity index (χ3n) is 1.56. The van der Waals surface area contributed by atoms with E-state index in [4.69, 9.17) is 9.63 Å². The van der Waals surface area contributed by atoms with Crippen molar-refractivity contribution in [2.45, 2.75) is 6.42 Å². The topological polar surface area (TPSA) is 102 Å². The molecule has 2 aromatic rings. The summed E-state index contributed by atoms with van der Waals surface area (Å²) in [6.45, 7) is 0. The number of carbonyl (C=O) groups is 1. The average molecular weight is 206 g/mol. The highest BCUT2D eigenvalue weighted by Gasteiger charge is 2.11. The van der Waals surface area contributed by atoms with Gasteiger partial charge in [0.25, 0.3) is 0 Å². The average Bonchev–Trinajstić information content (AvgIpc) is 2.67. The van der Waals surface area contributed by atoms with Gasteiger partial charge in [-0.05, 0) is 0 Å². The molecular formula is C8H6N4O3. The van der Waals surface area contributed by atoms with Gasteiger partial charge in [-0.3, -0.25) is 9.78 Å². The molecule has 2 aromatic heterocycles. The molecule has 0 aliphatic carbocycles. The van der Waals surface area contributed by atoms with Gasteiger partial charge in [0.1, 0.15) is 12.1 Å². The van der Waals surface area contributed by atoms with Crippen molar-refractivity contribution in [1.29, 1.82) is 0 Å². The second-order valence-corrected chi connectivity index (χ2v) is 2.67. The van der Waals surface area contributed by atoms with Crippen LogP contribution in [0.3, 0.4) is 0 Å². The molecule has 0 aromatic carbocycles. The first-order chi connectivity index (χ1) is 7.25. The molecule has 15 heavy (non-hydrogen) atoms. The molecule has 76 valence electrons. The summed E-state index contributed by atoms with van der Waals surface area (Å²) in [5.74, 6) is -0.744. The first-order valence-electron chi connectivity index (χ1n) is 4.06. The lowest BCUT2D eigenvalue weighted by atomic mass is 10.4. The van der Waals surface area contributed by atoms with E-state index >= 15 is 0 Å². The Bertz CT molecular complexity index is 468. The van der Waals surface area contributed by atoms with E-state index in [0.717, 1.165) is 0 Å². The van der Waals surface area contributed by atoms with Gasteiger partial charge in [0.15, 0.2) is 0 Å². The molecule has 0 saturated heterocycles. The standard InChI is InChI=1S/C8H6N4O3/c13-7(14)3-6-11-8(12-15-6)5-4-9-1-2-10-5/h1-2,4H,3H2,(H,13,14). The molecule has 2 heterocycles. The highest BCUT2D eigenvalue weighted by Crippen LogP contribution is 2.10. The van der Waals surface area contributed by atoms with Gasteiger partial charge in [-0.1, -0.05) is 5.16 Å². The molecule has 0 saturated carbocycles. The predicted molar refractivity (Wildman–Crippen MR) is 46.7 cm³/mol. The number of hydrogen-bond donors (Lipinski definition) is 1. The van der Waals surface area contributed by atoms with E-state index in [0.29, 0.717) is 5.69 Å². The molecule has 7 nitrogen and oxygen atoms in total. The summed E-state index contributed by atoms with van der Waals surface area (Å²) in [7, 11) is 0. The fourth-order valence-electron chi connectivity index (χ4n) is 0.975. The van der Waals surface area contributed by atoms with E-state index in [2.05, 4.69) is 20.1 Å². The smallest absolute Gasteiger partial charge is 0.312 e. The molecule has 1 N–H and O–H groups in total. The zero-order valence-electron chi connectivity index (χ0n) is 7.49. The molecule has 0 aliphatic rings.